The van der Waals surface area contributed by atoms with Crippen molar-refractivity contribution in [1.82, 2.24) is 9.55 Å². The van der Waals surface area contributed by atoms with Crippen LogP contribution < -0.4 is 0 Å². The van der Waals surface area contributed by atoms with Crippen molar-refractivity contribution in [3.05, 3.63) is 120 Å². The number of para-hydroxylation sites is 3. The summed E-state index contributed by atoms with van der Waals surface area (Å²) in [4.78, 5) is 3.62. The van der Waals surface area contributed by atoms with E-state index in [1.807, 2.05) is 0 Å². The Labute approximate surface area is 192 Å². The van der Waals surface area contributed by atoms with Crippen molar-refractivity contribution in [3.63, 3.8) is 0 Å². The standard InChI is InChI=1S/C31H24N2/c1-31(25-14-9-16-27-30(25)24-13-5-7-15-26(24)32-27)19-18-23-22-12-6-8-17-28(22)33(29(23)20-31)21-10-3-2-4-11-21/h2-19,32H,20H2,1H3. The van der Waals surface area contributed by atoms with Gasteiger partial charge in [-0.3, -0.25) is 0 Å². The Morgan fingerprint density at radius 1 is 0.727 bits per heavy atom. The summed E-state index contributed by atoms with van der Waals surface area (Å²) in [6, 6.07) is 34.9. The van der Waals surface area contributed by atoms with Crippen molar-refractivity contribution in [2.24, 2.45) is 0 Å². The van der Waals surface area contributed by atoms with Crippen LogP contribution >= 0.6 is 0 Å². The van der Waals surface area contributed by atoms with Crippen molar-refractivity contribution in [1.29, 1.82) is 0 Å². The maximum absolute atomic E-state index is 3.62. The number of rotatable bonds is 2. The van der Waals surface area contributed by atoms with Crippen molar-refractivity contribution in [2.75, 3.05) is 0 Å². The maximum Gasteiger partial charge on any atom is 0.0537 e. The monoisotopic (exact) mass is 424 g/mol. The first-order valence-electron chi connectivity index (χ1n) is 11.6. The van der Waals surface area contributed by atoms with Crippen LogP contribution in [-0.2, 0) is 11.8 Å². The van der Waals surface area contributed by atoms with Crippen LogP contribution in [0.3, 0.4) is 0 Å². The Kier molecular flexibility index (Phi) is 3.78. The molecule has 0 saturated carbocycles. The Morgan fingerprint density at radius 3 is 2.33 bits per heavy atom. The predicted octanol–water partition coefficient (Wildman–Crippen LogP) is 7.79. The highest BCUT2D eigenvalue weighted by Gasteiger charge is 2.33. The number of aromatic nitrogens is 2. The first-order valence-corrected chi connectivity index (χ1v) is 11.6. The molecule has 33 heavy (non-hydrogen) atoms. The fraction of sp³-hybridized carbons (Fsp3) is 0.0968. The highest BCUT2D eigenvalue weighted by atomic mass is 15.0. The number of hydrogen-bond acceptors (Lipinski definition) is 0. The Morgan fingerprint density at radius 2 is 1.45 bits per heavy atom. The minimum Gasteiger partial charge on any atom is -0.355 e. The van der Waals surface area contributed by atoms with E-state index in [0.717, 1.165) is 6.42 Å². The van der Waals surface area contributed by atoms with E-state index in [0.29, 0.717) is 0 Å². The lowest BCUT2D eigenvalue weighted by Crippen LogP contribution is -2.26. The molecule has 2 nitrogen and oxygen atoms in total. The molecule has 0 fully saturated rings. The van der Waals surface area contributed by atoms with Crippen LogP contribution in [0, 0.1) is 0 Å². The fourth-order valence-corrected chi connectivity index (χ4v) is 5.79. The van der Waals surface area contributed by atoms with Crippen molar-refractivity contribution >= 4 is 38.8 Å². The summed E-state index contributed by atoms with van der Waals surface area (Å²) in [6.45, 7) is 2.38. The second-order valence-electron chi connectivity index (χ2n) is 9.37. The second-order valence-corrected chi connectivity index (χ2v) is 9.37. The molecule has 158 valence electrons. The topological polar surface area (TPSA) is 20.7 Å². The van der Waals surface area contributed by atoms with E-state index in [9.17, 15) is 0 Å². The smallest absolute Gasteiger partial charge is 0.0537 e. The van der Waals surface area contributed by atoms with Gasteiger partial charge in [0.2, 0.25) is 0 Å². The van der Waals surface area contributed by atoms with Crippen LogP contribution in [-0.4, -0.2) is 9.55 Å². The summed E-state index contributed by atoms with van der Waals surface area (Å²) in [6.07, 6.45) is 5.73. The van der Waals surface area contributed by atoms with Crippen molar-refractivity contribution in [3.8, 4) is 5.69 Å². The van der Waals surface area contributed by atoms with E-state index in [2.05, 4.69) is 126 Å². The molecule has 0 saturated heterocycles. The average Bonchev–Trinajstić information content (AvgIpc) is 3.39. The Hall–Kier alpha value is -4.04. The van der Waals surface area contributed by atoms with Crippen LogP contribution in [0.5, 0.6) is 0 Å². The van der Waals surface area contributed by atoms with Crippen LogP contribution in [0.15, 0.2) is 103 Å². The van der Waals surface area contributed by atoms with Crippen LogP contribution in [0.1, 0.15) is 23.7 Å². The molecule has 2 heteroatoms. The molecule has 1 atom stereocenters. The molecule has 0 spiro atoms. The summed E-state index contributed by atoms with van der Waals surface area (Å²) >= 11 is 0. The number of nitrogens with zero attached hydrogens (tertiary/aromatic N) is 1. The highest BCUT2D eigenvalue weighted by molar-refractivity contribution is 6.09. The molecule has 0 amide bonds. The van der Waals surface area contributed by atoms with E-state index in [4.69, 9.17) is 0 Å². The van der Waals surface area contributed by atoms with Gasteiger partial charge in [0.25, 0.3) is 0 Å². The van der Waals surface area contributed by atoms with Gasteiger partial charge in [-0.25, -0.2) is 0 Å². The third-order valence-electron chi connectivity index (χ3n) is 7.33. The number of hydrogen-bond donors (Lipinski definition) is 1. The molecule has 2 aromatic heterocycles. The predicted molar refractivity (Wildman–Crippen MR) is 139 cm³/mol. The number of aromatic amines is 1. The van der Waals surface area contributed by atoms with Gasteiger partial charge in [0.1, 0.15) is 0 Å². The fourth-order valence-electron chi connectivity index (χ4n) is 5.79. The van der Waals surface area contributed by atoms with Crippen LogP contribution in [0.2, 0.25) is 0 Å². The van der Waals surface area contributed by atoms with Gasteiger partial charge < -0.3 is 9.55 Å². The third kappa shape index (κ3) is 2.61. The van der Waals surface area contributed by atoms with E-state index in [1.54, 1.807) is 0 Å². The molecule has 2 heterocycles. The Bertz CT molecular complexity index is 1700. The quantitative estimate of drug-likeness (QED) is 0.293. The van der Waals surface area contributed by atoms with E-state index >= 15 is 0 Å². The van der Waals surface area contributed by atoms with Gasteiger partial charge in [0.05, 0.1) is 5.52 Å². The zero-order valence-electron chi connectivity index (χ0n) is 18.5. The SMILES string of the molecule is CC1(c2cccc3[nH]c4ccccc4c23)C=Cc2c(n(-c3ccccc3)c3ccccc23)C1. The van der Waals surface area contributed by atoms with Crippen molar-refractivity contribution in [2.45, 2.75) is 18.8 Å². The number of nitrogens with one attached hydrogen (secondary N) is 1. The molecule has 1 unspecified atom stereocenters. The normalized spacial score (nSPS) is 17.7. The van der Waals surface area contributed by atoms with Gasteiger partial charge in [-0.1, -0.05) is 85.8 Å². The molecule has 7 rings (SSSR count). The van der Waals surface area contributed by atoms with Gasteiger partial charge in [0.15, 0.2) is 0 Å². The summed E-state index contributed by atoms with van der Waals surface area (Å²) in [5.74, 6) is 0. The minimum atomic E-state index is -0.113. The van der Waals surface area contributed by atoms with Gasteiger partial charge >= 0.3 is 0 Å². The van der Waals surface area contributed by atoms with E-state index < -0.39 is 0 Å². The summed E-state index contributed by atoms with van der Waals surface area (Å²) in [7, 11) is 0. The van der Waals surface area contributed by atoms with Gasteiger partial charge in [-0.2, -0.15) is 0 Å². The zero-order valence-corrected chi connectivity index (χ0v) is 18.5. The molecule has 6 aromatic rings. The van der Waals surface area contributed by atoms with Crippen LogP contribution in [0.4, 0.5) is 0 Å². The molecular weight excluding hydrogens is 400 g/mol. The third-order valence-corrected chi connectivity index (χ3v) is 7.33. The number of H-pyrrole nitrogens is 1. The second kappa shape index (κ2) is 6.73. The lowest BCUT2D eigenvalue weighted by Gasteiger charge is -2.32. The molecule has 4 aromatic carbocycles. The van der Waals surface area contributed by atoms with Gasteiger partial charge in [-0.15, -0.1) is 0 Å². The summed E-state index contributed by atoms with van der Waals surface area (Å²) in [5.41, 5.74) is 8.88. The largest absolute Gasteiger partial charge is 0.355 e. The highest BCUT2D eigenvalue weighted by Crippen LogP contribution is 2.44. The van der Waals surface area contributed by atoms with Gasteiger partial charge in [0, 0.05) is 56.0 Å². The average molecular weight is 425 g/mol. The molecule has 0 aliphatic heterocycles. The number of benzene rings is 4. The number of allylic oxidation sites excluding steroid dienone is 1. The first-order chi connectivity index (χ1) is 16.2. The molecule has 0 radical (unpaired) electrons. The van der Waals surface area contributed by atoms with Crippen LogP contribution in [0.25, 0.3) is 44.5 Å². The zero-order chi connectivity index (χ0) is 22.0. The minimum absolute atomic E-state index is 0.113. The maximum atomic E-state index is 3.62. The molecule has 0 bridgehead atoms. The number of fused-ring (bicyclic) bond motifs is 6. The molecule has 1 N–H and O–H groups in total. The lowest BCUT2D eigenvalue weighted by atomic mass is 9.73. The molecular formula is C31H24N2. The summed E-state index contributed by atoms with van der Waals surface area (Å²) < 4.78 is 2.46. The molecule has 1 aliphatic carbocycles. The molecule has 1 aliphatic rings. The van der Waals surface area contributed by atoms with E-state index in [-0.39, 0.29) is 5.41 Å². The Balaban J connectivity index is 1.49. The first kappa shape index (κ1) is 18.5. The lowest BCUT2D eigenvalue weighted by molar-refractivity contribution is 0.578. The van der Waals surface area contributed by atoms with Gasteiger partial charge in [-0.05, 0) is 35.9 Å². The van der Waals surface area contributed by atoms with E-state index in [1.165, 1.54) is 55.2 Å². The van der Waals surface area contributed by atoms with Crippen molar-refractivity contribution < 1.29 is 0 Å². The summed E-state index contributed by atoms with van der Waals surface area (Å²) in [5, 5.41) is 3.96.